The van der Waals surface area contributed by atoms with Gasteiger partial charge in [0.2, 0.25) is 0 Å². The van der Waals surface area contributed by atoms with Crippen LogP contribution < -0.4 is 0 Å². The Morgan fingerprint density at radius 2 is 1.35 bits per heavy atom. The first kappa shape index (κ1) is 20.9. The minimum atomic E-state index is -0.0916. The molecule has 1 N–H and O–H groups in total. The third-order valence-electron chi connectivity index (χ3n) is 5.90. The number of aryl methyl sites for hydroxylation is 1. The van der Waals surface area contributed by atoms with Gasteiger partial charge in [-0.25, -0.2) is 0 Å². The number of fused-ring (bicyclic) bond motifs is 3. The highest BCUT2D eigenvalue weighted by Gasteiger charge is 2.16. The Morgan fingerprint density at radius 3 is 1.97 bits per heavy atom. The first-order valence-corrected chi connectivity index (χ1v) is 11.0. The zero-order valence-electron chi connectivity index (χ0n) is 18.0. The number of unbranched alkanes of at least 4 members (excludes halogenated alkanes) is 2. The fourth-order valence-electron chi connectivity index (χ4n) is 4.22. The van der Waals surface area contributed by atoms with Gasteiger partial charge in [0.05, 0.1) is 0 Å². The number of ketones is 2. The Balaban J connectivity index is 1.79. The Hall–Kier alpha value is -3.40. The SMILES string of the molecule is CCCCCC(=O)c1ccc2c(c1)c1cc(C(=O)c3ccc(O)cc3)ccc1n2CC. The Morgan fingerprint density at radius 1 is 0.774 bits per heavy atom. The van der Waals surface area contributed by atoms with Gasteiger partial charge >= 0.3 is 0 Å². The van der Waals surface area contributed by atoms with E-state index in [4.69, 9.17) is 0 Å². The molecule has 3 aromatic carbocycles. The summed E-state index contributed by atoms with van der Waals surface area (Å²) in [7, 11) is 0. The summed E-state index contributed by atoms with van der Waals surface area (Å²) in [6, 6.07) is 18.0. The number of phenols is 1. The predicted molar refractivity (Wildman–Crippen MR) is 125 cm³/mol. The molecule has 0 saturated carbocycles. The van der Waals surface area contributed by atoms with Crippen molar-refractivity contribution in [2.45, 2.75) is 46.1 Å². The van der Waals surface area contributed by atoms with Crippen LogP contribution in [0.1, 0.15) is 65.8 Å². The largest absolute Gasteiger partial charge is 0.508 e. The average molecular weight is 414 g/mol. The standard InChI is InChI=1S/C27H27NO3/c1-3-5-6-7-26(30)19-10-14-24-22(16-19)23-17-20(11-15-25(23)28(24)4-2)27(31)18-8-12-21(29)13-9-18/h8-17,29H,3-7H2,1-2H3. The smallest absolute Gasteiger partial charge is 0.193 e. The molecule has 0 bridgehead atoms. The van der Waals surface area contributed by atoms with E-state index in [1.165, 1.54) is 12.1 Å². The van der Waals surface area contributed by atoms with E-state index in [1.807, 2.05) is 36.4 Å². The van der Waals surface area contributed by atoms with Crippen molar-refractivity contribution in [3.05, 3.63) is 77.4 Å². The number of Topliss-reactive ketones (excluding diaryl/α,β-unsaturated/α-hetero) is 1. The lowest BCUT2D eigenvalue weighted by atomic mass is 9.99. The maximum atomic E-state index is 13.0. The summed E-state index contributed by atoms with van der Waals surface area (Å²) in [6.45, 7) is 5.03. The molecule has 4 heteroatoms. The van der Waals surface area contributed by atoms with Crippen molar-refractivity contribution in [1.82, 2.24) is 4.57 Å². The van der Waals surface area contributed by atoms with Crippen molar-refractivity contribution in [2.75, 3.05) is 0 Å². The van der Waals surface area contributed by atoms with Crippen molar-refractivity contribution >= 4 is 33.4 Å². The second-order valence-electron chi connectivity index (χ2n) is 7.96. The lowest BCUT2D eigenvalue weighted by Crippen LogP contribution is -2.01. The van der Waals surface area contributed by atoms with E-state index in [2.05, 4.69) is 18.4 Å². The molecule has 31 heavy (non-hydrogen) atoms. The molecule has 4 nitrogen and oxygen atoms in total. The number of benzene rings is 3. The molecule has 0 unspecified atom stereocenters. The normalized spacial score (nSPS) is 11.3. The van der Waals surface area contributed by atoms with Crippen LogP contribution in [0, 0.1) is 0 Å². The van der Waals surface area contributed by atoms with Crippen LogP contribution in [-0.4, -0.2) is 21.2 Å². The van der Waals surface area contributed by atoms with E-state index in [0.29, 0.717) is 17.5 Å². The lowest BCUT2D eigenvalue weighted by Gasteiger charge is -2.05. The minimum Gasteiger partial charge on any atom is -0.508 e. The third kappa shape index (κ3) is 3.98. The van der Waals surface area contributed by atoms with Gasteiger partial charge in [0.15, 0.2) is 11.6 Å². The van der Waals surface area contributed by atoms with Gasteiger partial charge in [-0.15, -0.1) is 0 Å². The fraction of sp³-hybridized carbons (Fsp3) is 0.259. The van der Waals surface area contributed by atoms with Gasteiger partial charge in [-0.2, -0.15) is 0 Å². The second-order valence-corrected chi connectivity index (χ2v) is 7.96. The van der Waals surface area contributed by atoms with Crippen LogP contribution >= 0.6 is 0 Å². The molecular formula is C27H27NO3. The first-order chi connectivity index (χ1) is 15.0. The van der Waals surface area contributed by atoms with Crippen molar-refractivity contribution in [3.63, 3.8) is 0 Å². The number of nitrogens with zero attached hydrogens (tertiary/aromatic N) is 1. The van der Waals surface area contributed by atoms with Crippen molar-refractivity contribution in [3.8, 4) is 5.75 Å². The van der Waals surface area contributed by atoms with E-state index < -0.39 is 0 Å². The molecule has 1 heterocycles. The molecule has 0 aliphatic heterocycles. The van der Waals surface area contributed by atoms with Gasteiger partial charge in [-0.1, -0.05) is 19.8 Å². The summed E-state index contributed by atoms with van der Waals surface area (Å²) in [4.78, 5) is 25.7. The van der Waals surface area contributed by atoms with E-state index in [9.17, 15) is 14.7 Å². The molecule has 0 fully saturated rings. The highest BCUT2D eigenvalue weighted by Crippen LogP contribution is 2.31. The molecule has 0 spiro atoms. The summed E-state index contributed by atoms with van der Waals surface area (Å²) >= 11 is 0. The second kappa shape index (κ2) is 8.76. The zero-order valence-corrected chi connectivity index (χ0v) is 18.0. The summed E-state index contributed by atoms with van der Waals surface area (Å²) in [5.74, 6) is 0.212. The molecule has 158 valence electrons. The van der Waals surface area contributed by atoms with E-state index in [-0.39, 0.29) is 17.3 Å². The zero-order chi connectivity index (χ0) is 22.0. The van der Waals surface area contributed by atoms with Crippen LogP contribution in [0.2, 0.25) is 0 Å². The van der Waals surface area contributed by atoms with E-state index in [0.717, 1.165) is 53.2 Å². The highest BCUT2D eigenvalue weighted by molar-refractivity contribution is 6.15. The number of carbonyl (C=O) groups is 2. The maximum absolute atomic E-state index is 13.0. The number of aromatic nitrogens is 1. The van der Waals surface area contributed by atoms with E-state index in [1.54, 1.807) is 12.1 Å². The molecule has 0 radical (unpaired) electrons. The Kier molecular flexibility index (Phi) is 5.90. The topological polar surface area (TPSA) is 59.3 Å². The number of hydrogen-bond acceptors (Lipinski definition) is 3. The van der Waals surface area contributed by atoms with Gasteiger partial charge in [0, 0.05) is 51.5 Å². The molecule has 4 rings (SSSR count). The van der Waals surface area contributed by atoms with Crippen LogP contribution in [0.25, 0.3) is 21.8 Å². The molecular weight excluding hydrogens is 386 g/mol. The lowest BCUT2D eigenvalue weighted by molar-refractivity contribution is 0.0978. The molecule has 0 amide bonds. The molecule has 0 saturated heterocycles. The van der Waals surface area contributed by atoms with Gasteiger partial charge < -0.3 is 9.67 Å². The quantitative estimate of drug-likeness (QED) is 0.264. The number of phenolic OH excluding ortho intramolecular Hbond substituents is 1. The summed E-state index contributed by atoms with van der Waals surface area (Å²) in [5, 5.41) is 11.5. The van der Waals surface area contributed by atoms with Crippen LogP contribution in [0.15, 0.2) is 60.7 Å². The summed E-state index contributed by atoms with van der Waals surface area (Å²) < 4.78 is 2.21. The number of aromatic hydroxyl groups is 1. The first-order valence-electron chi connectivity index (χ1n) is 11.0. The predicted octanol–water partition coefficient (Wildman–Crippen LogP) is 6.51. The molecule has 0 atom stereocenters. The van der Waals surface area contributed by atoms with E-state index >= 15 is 0 Å². The molecule has 0 aliphatic rings. The summed E-state index contributed by atoms with van der Waals surface area (Å²) in [5.41, 5.74) is 3.97. The van der Waals surface area contributed by atoms with Crippen molar-refractivity contribution in [2.24, 2.45) is 0 Å². The van der Waals surface area contributed by atoms with Crippen LogP contribution in [-0.2, 0) is 6.54 Å². The van der Waals surface area contributed by atoms with Gasteiger partial charge in [-0.3, -0.25) is 9.59 Å². The molecule has 0 aliphatic carbocycles. The van der Waals surface area contributed by atoms with Gasteiger partial charge in [0.25, 0.3) is 0 Å². The monoisotopic (exact) mass is 413 g/mol. The molecule has 1 aromatic heterocycles. The molecule has 4 aromatic rings. The Labute approximate surface area is 182 Å². The van der Waals surface area contributed by atoms with Gasteiger partial charge in [0.1, 0.15) is 5.75 Å². The van der Waals surface area contributed by atoms with Gasteiger partial charge in [-0.05, 0) is 74.0 Å². The fourth-order valence-corrected chi connectivity index (χ4v) is 4.22. The van der Waals surface area contributed by atoms with Crippen molar-refractivity contribution < 1.29 is 14.7 Å². The van der Waals surface area contributed by atoms with Crippen LogP contribution in [0.4, 0.5) is 0 Å². The number of carbonyl (C=O) groups excluding carboxylic acids is 2. The number of rotatable bonds is 8. The van der Waals surface area contributed by atoms with Crippen LogP contribution in [0.5, 0.6) is 5.75 Å². The van der Waals surface area contributed by atoms with Crippen molar-refractivity contribution in [1.29, 1.82) is 0 Å². The average Bonchev–Trinajstić information content (AvgIpc) is 3.11. The number of hydrogen-bond donors (Lipinski definition) is 1. The van der Waals surface area contributed by atoms with Crippen LogP contribution in [0.3, 0.4) is 0 Å². The Bertz CT molecular complexity index is 1270. The summed E-state index contributed by atoms with van der Waals surface area (Å²) in [6.07, 6.45) is 3.63. The third-order valence-corrected chi connectivity index (χ3v) is 5.90. The highest BCUT2D eigenvalue weighted by atomic mass is 16.3. The maximum Gasteiger partial charge on any atom is 0.193 e. The minimum absolute atomic E-state index is 0.0916.